The van der Waals surface area contributed by atoms with Crippen molar-refractivity contribution in [1.82, 2.24) is 15.6 Å². The molecule has 1 amide bonds. The Morgan fingerprint density at radius 1 is 1.27 bits per heavy atom. The van der Waals surface area contributed by atoms with Crippen LogP contribution in [-0.4, -0.2) is 36.6 Å². The van der Waals surface area contributed by atoms with E-state index in [1.165, 1.54) is 5.56 Å². The van der Waals surface area contributed by atoms with Gasteiger partial charge in [-0.15, -0.1) is 0 Å². The van der Waals surface area contributed by atoms with Gasteiger partial charge in [-0.1, -0.05) is 30.3 Å². The molecule has 1 fully saturated rings. The second kappa shape index (κ2) is 8.32. The van der Waals surface area contributed by atoms with Crippen molar-refractivity contribution >= 4 is 5.91 Å². The van der Waals surface area contributed by atoms with Gasteiger partial charge in [0.1, 0.15) is 11.4 Å². The maximum Gasteiger partial charge on any atom is 0.269 e. The van der Waals surface area contributed by atoms with E-state index < -0.39 is 0 Å². The van der Waals surface area contributed by atoms with E-state index >= 15 is 0 Å². The fourth-order valence-corrected chi connectivity index (χ4v) is 3.46. The Morgan fingerprint density at radius 2 is 2.08 bits per heavy atom. The first-order chi connectivity index (χ1) is 12.6. The minimum Gasteiger partial charge on any atom is -0.489 e. The molecule has 1 aliphatic rings. The first-order valence-electron chi connectivity index (χ1n) is 9.26. The summed E-state index contributed by atoms with van der Waals surface area (Å²) in [6, 6.07) is 13.9. The van der Waals surface area contributed by atoms with Gasteiger partial charge >= 0.3 is 0 Å². The molecule has 0 radical (unpaired) electrons. The molecule has 0 aliphatic carbocycles. The highest BCUT2D eigenvalue weighted by atomic mass is 16.5. The number of hydrogen-bond donors (Lipinski definition) is 2. The lowest BCUT2D eigenvalue weighted by Crippen LogP contribution is -2.50. The summed E-state index contributed by atoms with van der Waals surface area (Å²) < 4.78 is 5.58. The van der Waals surface area contributed by atoms with Crippen LogP contribution in [0, 0.1) is 0 Å². The molecule has 2 N–H and O–H groups in total. The highest BCUT2D eigenvalue weighted by Crippen LogP contribution is 2.30. The molecule has 138 valence electrons. The van der Waals surface area contributed by atoms with E-state index in [9.17, 15) is 4.79 Å². The van der Waals surface area contributed by atoms with Crippen LogP contribution >= 0.6 is 0 Å². The number of ether oxygens (including phenoxy) is 1. The lowest BCUT2D eigenvalue weighted by Gasteiger charge is -2.38. The molecular weight excluding hydrogens is 326 g/mol. The minimum absolute atomic E-state index is 0.0735. The third-order valence-corrected chi connectivity index (χ3v) is 4.79. The van der Waals surface area contributed by atoms with Gasteiger partial charge in [0.05, 0.1) is 12.3 Å². The van der Waals surface area contributed by atoms with Crippen LogP contribution in [0.3, 0.4) is 0 Å². The lowest BCUT2D eigenvalue weighted by atomic mass is 9.74. The Kier molecular flexibility index (Phi) is 5.89. The van der Waals surface area contributed by atoms with E-state index in [0.717, 1.165) is 25.9 Å². The molecule has 0 spiro atoms. The van der Waals surface area contributed by atoms with Crippen molar-refractivity contribution in [2.75, 3.05) is 19.6 Å². The SMILES string of the molecule is CC(C)Oc1ccc(C(=O)NCC2(c3ccccc3)CCCNC2)nc1. The van der Waals surface area contributed by atoms with Crippen LogP contribution in [0.5, 0.6) is 5.75 Å². The number of benzene rings is 1. The van der Waals surface area contributed by atoms with Crippen LogP contribution in [0.15, 0.2) is 48.7 Å². The fraction of sp³-hybridized carbons (Fsp3) is 0.429. The van der Waals surface area contributed by atoms with Crippen LogP contribution in [0.1, 0.15) is 42.7 Å². The predicted octanol–water partition coefficient (Wildman–Crippen LogP) is 2.92. The molecular formula is C21H27N3O2. The van der Waals surface area contributed by atoms with Gasteiger partial charge in [-0.2, -0.15) is 0 Å². The second-order valence-corrected chi connectivity index (χ2v) is 7.16. The van der Waals surface area contributed by atoms with Crippen LogP contribution in [0.2, 0.25) is 0 Å². The molecule has 1 saturated heterocycles. The largest absolute Gasteiger partial charge is 0.489 e. The Morgan fingerprint density at radius 3 is 2.69 bits per heavy atom. The van der Waals surface area contributed by atoms with Crippen molar-refractivity contribution in [1.29, 1.82) is 0 Å². The van der Waals surface area contributed by atoms with E-state index in [4.69, 9.17) is 4.74 Å². The van der Waals surface area contributed by atoms with Crippen LogP contribution in [0.4, 0.5) is 0 Å². The summed E-state index contributed by atoms with van der Waals surface area (Å²) in [6.07, 6.45) is 3.84. The Hall–Kier alpha value is -2.40. The first-order valence-corrected chi connectivity index (χ1v) is 9.26. The maximum absolute atomic E-state index is 12.6. The monoisotopic (exact) mass is 353 g/mol. The summed E-state index contributed by atoms with van der Waals surface area (Å²) in [4.78, 5) is 16.8. The molecule has 0 saturated carbocycles. The van der Waals surface area contributed by atoms with E-state index in [2.05, 4.69) is 39.9 Å². The number of rotatable bonds is 6. The summed E-state index contributed by atoms with van der Waals surface area (Å²) >= 11 is 0. The van der Waals surface area contributed by atoms with E-state index in [0.29, 0.717) is 18.0 Å². The van der Waals surface area contributed by atoms with Crippen molar-refractivity contribution in [3.05, 3.63) is 59.9 Å². The van der Waals surface area contributed by atoms with E-state index in [-0.39, 0.29) is 17.4 Å². The zero-order chi connectivity index (χ0) is 18.4. The highest BCUT2D eigenvalue weighted by molar-refractivity contribution is 5.92. The van der Waals surface area contributed by atoms with Crippen molar-refractivity contribution in [2.24, 2.45) is 0 Å². The van der Waals surface area contributed by atoms with Crippen molar-refractivity contribution in [3.8, 4) is 5.75 Å². The normalized spacial score (nSPS) is 20.0. The number of nitrogens with one attached hydrogen (secondary N) is 2. The number of amides is 1. The minimum atomic E-state index is -0.151. The zero-order valence-corrected chi connectivity index (χ0v) is 15.5. The molecule has 26 heavy (non-hydrogen) atoms. The molecule has 2 heterocycles. The summed E-state index contributed by atoms with van der Waals surface area (Å²) in [7, 11) is 0. The number of aromatic nitrogens is 1. The molecule has 5 heteroatoms. The molecule has 1 aliphatic heterocycles. The zero-order valence-electron chi connectivity index (χ0n) is 15.5. The average Bonchev–Trinajstić information content (AvgIpc) is 2.68. The smallest absolute Gasteiger partial charge is 0.269 e. The maximum atomic E-state index is 12.6. The highest BCUT2D eigenvalue weighted by Gasteiger charge is 2.34. The van der Waals surface area contributed by atoms with Gasteiger partial charge in [0.25, 0.3) is 5.91 Å². The number of piperidine rings is 1. The Bertz CT molecular complexity index is 708. The predicted molar refractivity (Wildman–Crippen MR) is 103 cm³/mol. The molecule has 0 bridgehead atoms. The van der Waals surface area contributed by atoms with Gasteiger partial charge < -0.3 is 15.4 Å². The Labute approximate surface area is 155 Å². The summed E-state index contributed by atoms with van der Waals surface area (Å²) in [5.74, 6) is 0.524. The molecule has 1 unspecified atom stereocenters. The number of nitrogens with zero attached hydrogens (tertiary/aromatic N) is 1. The quantitative estimate of drug-likeness (QED) is 0.838. The van der Waals surface area contributed by atoms with E-state index in [1.54, 1.807) is 18.3 Å². The fourth-order valence-electron chi connectivity index (χ4n) is 3.46. The number of carbonyl (C=O) groups is 1. The summed E-state index contributed by atoms with van der Waals surface area (Å²) in [5, 5.41) is 6.57. The van der Waals surface area contributed by atoms with Gasteiger partial charge in [-0.3, -0.25) is 4.79 Å². The lowest BCUT2D eigenvalue weighted by molar-refractivity contribution is 0.0933. The molecule has 1 aromatic heterocycles. The summed E-state index contributed by atoms with van der Waals surface area (Å²) in [6.45, 7) is 6.41. The van der Waals surface area contributed by atoms with Gasteiger partial charge in [-0.25, -0.2) is 4.98 Å². The van der Waals surface area contributed by atoms with Gasteiger partial charge in [0.15, 0.2) is 0 Å². The standard InChI is InChI=1S/C21H27N3O2/c1-16(2)26-18-9-10-19(23-13-18)20(25)24-15-21(11-6-12-22-14-21)17-7-4-3-5-8-17/h3-5,7-10,13,16,22H,6,11-12,14-15H2,1-2H3,(H,24,25). The summed E-state index contributed by atoms with van der Waals surface area (Å²) in [5.41, 5.74) is 1.60. The van der Waals surface area contributed by atoms with Gasteiger partial charge in [0, 0.05) is 18.5 Å². The number of pyridine rings is 1. The van der Waals surface area contributed by atoms with Crippen LogP contribution in [0.25, 0.3) is 0 Å². The first kappa shape index (κ1) is 18.4. The molecule has 3 rings (SSSR count). The molecule has 5 nitrogen and oxygen atoms in total. The number of hydrogen-bond acceptors (Lipinski definition) is 4. The molecule has 1 aromatic carbocycles. The third-order valence-electron chi connectivity index (χ3n) is 4.79. The van der Waals surface area contributed by atoms with Crippen molar-refractivity contribution in [3.63, 3.8) is 0 Å². The topological polar surface area (TPSA) is 63.2 Å². The Balaban J connectivity index is 1.68. The van der Waals surface area contributed by atoms with Crippen molar-refractivity contribution < 1.29 is 9.53 Å². The van der Waals surface area contributed by atoms with Gasteiger partial charge in [0.2, 0.25) is 0 Å². The van der Waals surface area contributed by atoms with E-state index in [1.807, 2.05) is 19.9 Å². The van der Waals surface area contributed by atoms with Crippen LogP contribution in [-0.2, 0) is 5.41 Å². The number of carbonyl (C=O) groups excluding carboxylic acids is 1. The van der Waals surface area contributed by atoms with Crippen LogP contribution < -0.4 is 15.4 Å². The molecule has 1 atom stereocenters. The van der Waals surface area contributed by atoms with Gasteiger partial charge in [-0.05, 0) is 50.9 Å². The third kappa shape index (κ3) is 4.41. The second-order valence-electron chi connectivity index (χ2n) is 7.16. The molecule has 2 aromatic rings. The average molecular weight is 353 g/mol. The van der Waals surface area contributed by atoms with Crippen molar-refractivity contribution in [2.45, 2.75) is 38.2 Å².